The summed E-state index contributed by atoms with van der Waals surface area (Å²) in [6.45, 7) is 2.66. The number of hydrogen-bond acceptors (Lipinski definition) is 5. The fourth-order valence-electron chi connectivity index (χ4n) is 1.81. The summed E-state index contributed by atoms with van der Waals surface area (Å²) < 4.78 is 5.29. The number of amides is 2. The molecule has 6 nitrogen and oxygen atoms in total. The number of hydrogen-bond donors (Lipinski definition) is 2. The second kappa shape index (κ2) is 5.62. The molecular weight excluding hydrogens is 276 g/mol. The quantitative estimate of drug-likeness (QED) is 0.886. The summed E-state index contributed by atoms with van der Waals surface area (Å²) in [5.74, 6) is 1.71. The van der Waals surface area contributed by atoms with Crippen LogP contribution in [0.1, 0.15) is 37.9 Å². The van der Waals surface area contributed by atoms with Crippen molar-refractivity contribution in [2.75, 3.05) is 11.9 Å². The Hall–Kier alpha value is -1.89. The Labute approximate surface area is 120 Å². The molecule has 0 bridgehead atoms. The molecule has 1 aliphatic carbocycles. The van der Waals surface area contributed by atoms with E-state index in [1.54, 1.807) is 0 Å². The van der Waals surface area contributed by atoms with Crippen LogP contribution >= 0.6 is 11.3 Å². The zero-order chi connectivity index (χ0) is 13.9. The highest BCUT2D eigenvalue weighted by Crippen LogP contribution is 2.40. The molecule has 3 rings (SSSR count). The van der Waals surface area contributed by atoms with Gasteiger partial charge in [0.25, 0.3) is 5.89 Å². The van der Waals surface area contributed by atoms with Crippen molar-refractivity contribution in [1.29, 1.82) is 0 Å². The maximum absolute atomic E-state index is 11.7. The van der Waals surface area contributed by atoms with Crippen molar-refractivity contribution >= 4 is 23.1 Å². The molecule has 0 unspecified atom stereocenters. The third-order valence-electron chi connectivity index (χ3n) is 3.03. The summed E-state index contributed by atoms with van der Waals surface area (Å²) in [4.78, 5) is 16.9. The van der Waals surface area contributed by atoms with Gasteiger partial charge in [0.2, 0.25) is 0 Å². The lowest BCUT2D eigenvalue weighted by Gasteiger charge is -2.05. The molecule has 0 aliphatic heterocycles. The largest absolute Gasteiger partial charge is 0.338 e. The molecule has 2 heterocycles. The number of urea groups is 1. The van der Waals surface area contributed by atoms with Crippen LogP contribution in [-0.4, -0.2) is 22.7 Å². The van der Waals surface area contributed by atoms with E-state index in [4.69, 9.17) is 4.52 Å². The van der Waals surface area contributed by atoms with Crippen LogP contribution in [0.25, 0.3) is 10.8 Å². The van der Waals surface area contributed by atoms with E-state index in [1.165, 1.54) is 11.3 Å². The summed E-state index contributed by atoms with van der Waals surface area (Å²) in [5.41, 5.74) is 0.703. The van der Waals surface area contributed by atoms with E-state index < -0.39 is 0 Å². The molecule has 0 spiro atoms. The third kappa shape index (κ3) is 2.82. The predicted molar refractivity (Wildman–Crippen MR) is 76.9 cm³/mol. The number of thiophene rings is 1. The highest BCUT2D eigenvalue weighted by atomic mass is 32.1. The Morgan fingerprint density at radius 1 is 1.55 bits per heavy atom. The van der Waals surface area contributed by atoms with Crippen LogP contribution in [0, 0.1) is 0 Å². The molecule has 0 aromatic carbocycles. The Kier molecular flexibility index (Phi) is 3.68. The minimum Gasteiger partial charge on any atom is -0.338 e. The van der Waals surface area contributed by atoms with Crippen LogP contribution in [0.15, 0.2) is 16.0 Å². The van der Waals surface area contributed by atoms with Crippen molar-refractivity contribution in [2.24, 2.45) is 0 Å². The van der Waals surface area contributed by atoms with E-state index in [0.29, 0.717) is 24.0 Å². The number of aromatic nitrogens is 2. The van der Waals surface area contributed by atoms with Crippen molar-refractivity contribution in [1.82, 2.24) is 15.5 Å². The summed E-state index contributed by atoms with van der Waals surface area (Å²) in [7, 11) is 0. The molecule has 2 amide bonds. The lowest BCUT2D eigenvalue weighted by molar-refractivity contribution is 0.252. The third-order valence-corrected chi connectivity index (χ3v) is 3.93. The number of anilines is 1. The number of nitrogens with one attached hydrogen (secondary N) is 2. The van der Waals surface area contributed by atoms with Crippen LogP contribution in [0.2, 0.25) is 0 Å². The summed E-state index contributed by atoms with van der Waals surface area (Å²) in [6.07, 6.45) is 3.17. The zero-order valence-electron chi connectivity index (χ0n) is 11.2. The average Bonchev–Trinajstić information content (AvgIpc) is 3.00. The number of carbonyl (C=O) groups excluding carboxylic acids is 1. The molecule has 2 N–H and O–H groups in total. The van der Waals surface area contributed by atoms with E-state index in [2.05, 4.69) is 20.8 Å². The van der Waals surface area contributed by atoms with Gasteiger partial charge in [-0.3, -0.25) is 0 Å². The molecule has 0 saturated heterocycles. The fraction of sp³-hybridized carbons (Fsp3) is 0.462. The highest BCUT2D eigenvalue weighted by molar-refractivity contribution is 7.14. The van der Waals surface area contributed by atoms with Crippen molar-refractivity contribution in [3.05, 3.63) is 17.3 Å². The Balaban J connectivity index is 1.73. The molecule has 7 heteroatoms. The molecule has 20 heavy (non-hydrogen) atoms. The minimum atomic E-state index is -0.214. The van der Waals surface area contributed by atoms with Gasteiger partial charge in [0, 0.05) is 12.5 Å². The van der Waals surface area contributed by atoms with E-state index in [9.17, 15) is 4.79 Å². The molecule has 2 aromatic rings. The van der Waals surface area contributed by atoms with Gasteiger partial charge in [-0.2, -0.15) is 4.98 Å². The lowest BCUT2D eigenvalue weighted by atomic mass is 10.3. The van der Waals surface area contributed by atoms with E-state index in [0.717, 1.165) is 30.0 Å². The van der Waals surface area contributed by atoms with Gasteiger partial charge < -0.3 is 15.2 Å². The zero-order valence-corrected chi connectivity index (χ0v) is 12.0. The first kappa shape index (κ1) is 13.1. The summed E-state index contributed by atoms with van der Waals surface area (Å²) >= 11 is 1.48. The standard InChI is InChI=1S/C13H16N4O2S/c1-2-6-14-13(18)15-9-5-7-20-10(9)12-16-11(17-19-12)8-3-4-8/h5,7-8H,2-4,6H2,1H3,(H2,14,15,18). The molecule has 0 radical (unpaired) electrons. The molecule has 1 saturated carbocycles. The molecule has 1 aliphatic rings. The van der Waals surface area contributed by atoms with Crippen molar-refractivity contribution in [2.45, 2.75) is 32.1 Å². The highest BCUT2D eigenvalue weighted by Gasteiger charge is 2.29. The van der Waals surface area contributed by atoms with Gasteiger partial charge in [-0.25, -0.2) is 4.79 Å². The monoisotopic (exact) mass is 292 g/mol. The van der Waals surface area contributed by atoms with Gasteiger partial charge >= 0.3 is 6.03 Å². The topological polar surface area (TPSA) is 80.0 Å². The van der Waals surface area contributed by atoms with Gasteiger partial charge in [-0.15, -0.1) is 11.3 Å². The Morgan fingerprint density at radius 3 is 3.15 bits per heavy atom. The molecule has 2 aromatic heterocycles. The first-order valence-electron chi connectivity index (χ1n) is 6.74. The first-order valence-corrected chi connectivity index (χ1v) is 7.62. The lowest BCUT2D eigenvalue weighted by Crippen LogP contribution is -2.29. The summed E-state index contributed by atoms with van der Waals surface area (Å²) in [6, 6.07) is 1.63. The maximum Gasteiger partial charge on any atom is 0.319 e. The number of nitrogens with zero attached hydrogens (tertiary/aromatic N) is 2. The van der Waals surface area contributed by atoms with E-state index in [-0.39, 0.29) is 6.03 Å². The molecular formula is C13H16N4O2S. The van der Waals surface area contributed by atoms with Crippen LogP contribution in [0.5, 0.6) is 0 Å². The smallest absolute Gasteiger partial charge is 0.319 e. The van der Waals surface area contributed by atoms with Crippen LogP contribution in [-0.2, 0) is 0 Å². The number of rotatable bonds is 5. The van der Waals surface area contributed by atoms with Crippen LogP contribution in [0.4, 0.5) is 10.5 Å². The average molecular weight is 292 g/mol. The van der Waals surface area contributed by atoms with Crippen LogP contribution < -0.4 is 10.6 Å². The van der Waals surface area contributed by atoms with Gasteiger partial charge in [0.15, 0.2) is 5.82 Å². The molecule has 106 valence electrons. The second-order valence-electron chi connectivity index (χ2n) is 4.78. The Morgan fingerprint density at radius 2 is 2.40 bits per heavy atom. The summed E-state index contributed by atoms with van der Waals surface area (Å²) in [5, 5.41) is 11.5. The second-order valence-corrected chi connectivity index (χ2v) is 5.69. The van der Waals surface area contributed by atoms with Gasteiger partial charge in [-0.05, 0) is 30.7 Å². The Bertz CT molecular complexity index is 603. The maximum atomic E-state index is 11.7. The van der Waals surface area contributed by atoms with Gasteiger partial charge in [0.1, 0.15) is 4.88 Å². The molecule has 0 atom stereocenters. The van der Waals surface area contributed by atoms with E-state index in [1.807, 2.05) is 18.4 Å². The predicted octanol–water partition coefficient (Wildman–Crippen LogP) is 3.21. The van der Waals surface area contributed by atoms with Gasteiger partial charge in [0.05, 0.1) is 5.69 Å². The fourth-order valence-corrected chi connectivity index (χ4v) is 2.58. The molecule has 1 fully saturated rings. The van der Waals surface area contributed by atoms with Crippen molar-refractivity contribution in [3.8, 4) is 10.8 Å². The van der Waals surface area contributed by atoms with E-state index >= 15 is 0 Å². The van der Waals surface area contributed by atoms with Gasteiger partial charge in [-0.1, -0.05) is 12.1 Å². The first-order chi connectivity index (χ1) is 9.78. The SMILES string of the molecule is CCCNC(=O)Nc1ccsc1-c1nc(C2CC2)no1. The van der Waals surface area contributed by atoms with Crippen molar-refractivity contribution in [3.63, 3.8) is 0 Å². The van der Waals surface area contributed by atoms with Crippen LogP contribution in [0.3, 0.4) is 0 Å². The number of carbonyl (C=O) groups is 1. The van der Waals surface area contributed by atoms with Crippen molar-refractivity contribution < 1.29 is 9.32 Å². The normalized spacial score (nSPS) is 14.2. The minimum absolute atomic E-state index is 0.214.